The number of anilines is 2. The van der Waals surface area contributed by atoms with Gasteiger partial charge in [0.25, 0.3) is 0 Å². The van der Waals surface area contributed by atoms with Crippen LogP contribution in [0.3, 0.4) is 0 Å². The van der Waals surface area contributed by atoms with Crippen LogP contribution in [0.25, 0.3) is 22.2 Å². The Morgan fingerprint density at radius 1 is 0.938 bits per heavy atom. The Kier molecular flexibility index (Phi) is 6.23. The largest absolute Gasteiger partial charge is 0.480 e. The van der Waals surface area contributed by atoms with Crippen LogP contribution < -0.4 is 16.8 Å². The van der Waals surface area contributed by atoms with Crippen molar-refractivity contribution in [1.29, 1.82) is 0 Å². The molecule has 8 heteroatoms. The molecule has 32 heavy (non-hydrogen) atoms. The standard InChI is InChI=1S/C24H24N6O2/c25-20(22(31)32)14-16-4-3-7-19(13-16)21-28-23(26)30-24(29-21)27-11-10-15-8-9-17-5-1-2-6-18(17)12-15/h1-9,12-13,20H,10-11,14,25H2,(H,31,32)(H3,26,27,28,29,30)/t20-/m1/s1. The molecule has 0 bridgehead atoms. The summed E-state index contributed by atoms with van der Waals surface area (Å²) in [5, 5.41) is 14.7. The Labute approximate surface area is 185 Å². The first-order valence-corrected chi connectivity index (χ1v) is 10.3. The van der Waals surface area contributed by atoms with Gasteiger partial charge in [-0.2, -0.15) is 15.0 Å². The zero-order chi connectivity index (χ0) is 22.5. The van der Waals surface area contributed by atoms with E-state index in [1.54, 1.807) is 0 Å². The molecule has 8 nitrogen and oxygen atoms in total. The van der Waals surface area contributed by atoms with Crippen LogP contribution in [-0.4, -0.2) is 38.6 Å². The second kappa shape index (κ2) is 9.40. The molecule has 4 aromatic rings. The van der Waals surface area contributed by atoms with Gasteiger partial charge in [-0.15, -0.1) is 0 Å². The van der Waals surface area contributed by atoms with Crippen LogP contribution in [0, 0.1) is 0 Å². The van der Waals surface area contributed by atoms with E-state index in [-0.39, 0.29) is 12.4 Å². The minimum absolute atomic E-state index is 0.107. The lowest BCUT2D eigenvalue weighted by Crippen LogP contribution is -2.32. The number of hydrogen-bond acceptors (Lipinski definition) is 7. The maximum absolute atomic E-state index is 11.0. The molecule has 0 aliphatic rings. The van der Waals surface area contributed by atoms with Gasteiger partial charge >= 0.3 is 5.97 Å². The summed E-state index contributed by atoms with van der Waals surface area (Å²) < 4.78 is 0. The molecule has 6 N–H and O–H groups in total. The van der Waals surface area contributed by atoms with Crippen LogP contribution in [0.1, 0.15) is 11.1 Å². The summed E-state index contributed by atoms with van der Waals surface area (Å²) in [6.07, 6.45) is 1.01. The second-order valence-corrected chi connectivity index (χ2v) is 7.55. The third-order valence-corrected chi connectivity index (χ3v) is 5.12. The van der Waals surface area contributed by atoms with Gasteiger partial charge in [0, 0.05) is 12.1 Å². The fourth-order valence-electron chi connectivity index (χ4n) is 3.49. The normalized spacial score (nSPS) is 11.9. The van der Waals surface area contributed by atoms with Crippen molar-refractivity contribution < 1.29 is 9.90 Å². The zero-order valence-electron chi connectivity index (χ0n) is 17.4. The molecular weight excluding hydrogens is 404 g/mol. The number of benzene rings is 3. The first-order chi connectivity index (χ1) is 15.5. The number of carbonyl (C=O) groups is 1. The lowest BCUT2D eigenvalue weighted by atomic mass is 10.0. The van der Waals surface area contributed by atoms with Crippen molar-refractivity contribution in [3.05, 3.63) is 77.9 Å². The van der Waals surface area contributed by atoms with E-state index >= 15 is 0 Å². The molecular formula is C24H24N6O2. The van der Waals surface area contributed by atoms with Crippen LogP contribution in [0.4, 0.5) is 11.9 Å². The quantitative estimate of drug-likeness (QED) is 0.336. The molecule has 0 unspecified atom stereocenters. The van der Waals surface area contributed by atoms with E-state index in [2.05, 4.69) is 50.6 Å². The monoisotopic (exact) mass is 428 g/mol. The van der Waals surface area contributed by atoms with Gasteiger partial charge < -0.3 is 21.9 Å². The molecule has 0 spiro atoms. The van der Waals surface area contributed by atoms with E-state index in [4.69, 9.17) is 16.6 Å². The average molecular weight is 428 g/mol. The number of nitrogens with zero attached hydrogens (tertiary/aromatic N) is 3. The van der Waals surface area contributed by atoms with Crippen LogP contribution in [0.2, 0.25) is 0 Å². The molecule has 0 radical (unpaired) electrons. The summed E-state index contributed by atoms with van der Waals surface area (Å²) >= 11 is 0. The molecule has 4 rings (SSSR count). The highest BCUT2D eigenvalue weighted by atomic mass is 16.4. The lowest BCUT2D eigenvalue weighted by molar-refractivity contribution is -0.138. The summed E-state index contributed by atoms with van der Waals surface area (Å²) in [6, 6.07) is 21.0. The first-order valence-electron chi connectivity index (χ1n) is 10.3. The van der Waals surface area contributed by atoms with E-state index < -0.39 is 12.0 Å². The van der Waals surface area contributed by atoms with Crippen LogP contribution >= 0.6 is 0 Å². The Morgan fingerprint density at radius 2 is 1.75 bits per heavy atom. The average Bonchev–Trinajstić information content (AvgIpc) is 2.79. The number of aliphatic carboxylic acids is 1. The highest BCUT2D eigenvalue weighted by Crippen LogP contribution is 2.20. The molecule has 0 aliphatic carbocycles. The molecule has 1 atom stereocenters. The number of carboxylic acid groups (broad SMARTS) is 1. The smallest absolute Gasteiger partial charge is 0.320 e. The van der Waals surface area contributed by atoms with Crippen molar-refractivity contribution in [2.45, 2.75) is 18.9 Å². The predicted octanol–water partition coefficient (Wildman–Crippen LogP) is 2.88. The van der Waals surface area contributed by atoms with Gasteiger partial charge in [-0.25, -0.2) is 0 Å². The number of hydrogen-bond donors (Lipinski definition) is 4. The fourth-order valence-corrected chi connectivity index (χ4v) is 3.49. The number of nitrogens with two attached hydrogens (primary N) is 2. The third kappa shape index (κ3) is 5.16. The summed E-state index contributed by atoms with van der Waals surface area (Å²) in [6.45, 7) is 0.634. The van der Waals surface area contributed by atoms with Crippen LogP contribution in [0.5, 0.6) is 0 Å². The van der Waals surface area contributed by atoms with Gasteiger partial charge in [-0.3, -0.25) is 4.79 Å². The summed E-state index contributed by atoms with van der Waals surface area (Å²) in [5.41, 5.74) is 14.3. The van der Waals surface area contributed by atoms with Crippen molar-refractivity contribution >= 4 is 28.6 Å². The molecule has 0 saturated heterocycles. The third-order valence-electron chi connectivity index (χ3n) is 5.12. The fraction of sp³-hybridized carbons (Fsp3) is 0.167. The van der Waals surface area contributed by atoms with Crippen molar-refractivity contribution in [3.8, 4) is 11.4 Å². The topological polar surface area (TPSA) is 140 Å². The summed E-state index contributed by atoms with van der Waals surface area (Å²) in [4.78, 5) is 23.9. The molecule has 0 aliphatic heterocycles. The predicted molar refractivity (Wildman–Crippen MR) is 125 cm³/mol. The molecule has 3 aromatic carbocycles. The van der Waals surface area contributed by atoms with Crippen molar-refractivity contribution in [2.75, 3.05) is 17.6 Å². The summed E-state index contributed by atoms with van der Waals surface area (Å²) in [7, 11) is 0. The lowest BCUT2D eigenvalue weighted by Gasteiger charge is -2.10. The zero-order valence-corrected chi connectivity index (χ0v) is 17.4. The second-order valence-electron chi connectivity index (χ2n) is 7.55. The van der Waals surface area contributed by atoms with E-state index in [0.29, 0.717) is 23.9 Å². The van der Waals surface area contributed by atoms with E-state index in [1.807, 2.05) is 36.4 Å². The minimum Gasteiger partial charge on any atom is -0.480 e. The Bertz CT molecular complexity index is 1260. The van der Waals surface area contributed by atoms with Crippen molar-refractivity contribution in [1.82, 2.24) is 15.0 Å². The van der Waals surface area contributed by atoms with Crippen molar-refractivity contribution in [2.24, 2.45) is 5.73 Å². The number of carboxylic acids is 1. The van der Waals surface area contributed by atoms with Gasteiger partial charge in [-0.1, -0.05) is 60.7 Å². The van der Waals surface area contributed by atoms with Crippen LogP contribution in [-0.2, 0) is 17.6 Å². The van der Waals surface area contributed by atoms with Gasteiger partial charge in [-0.05, 0) is 40.8 Å². The highest BCUT2D eigenvalue weighted by Gasteiger charge is 2.13. The number of aromatic nitrogens is 3. The Morgan fingerprint density at radius 3 is 2.56 bits per heavy atom. The van der Waals surface area contributed by atoms with Gasteiger partial charge in [0.2, 0.25) is 11.9 Å². The van der Waals surface area contributed by atoms with E-state index in [1.165, 1.54) is 16.3 Å². The molecule has 162 valence electrons. The maximum atomic E-state index is 11.0. The van der Waals surface area contributed by atoms with Crippen LogP contribution in [0.15, 0.2) is 66.7 Å². The molecule has 0 amide bonds. The Balaban J connectivity index is 1.46. The first kappa shape index (κ1) is 21.2. The number of rotatable bonds is 8. The SMILES string of the molecule is Nc1nc(NCCc2ccc3ccccc3c2)nc(-c2cccc(C[C@@H](N)C(=O)O)c2)n1. The number of nitrogen functional groups attached to an aromatic ring is 1. The molecule has 1 heterocycles. The highest BCUT2D eigenvalue weighted by molar-refractivity contribution is 5.83. The molecule has 0 fully saturated rings. The van der Waals surface area contributed by atoms with E-state index in [9.17, 15) is 4.79 Å². The summed E-state index contributed by atoms with van der Waals surface area (Å²) in [5.74, 6) is -0.133. The maximum Gasteiger partial charge on any atom is 0.320 e. The molecule has 1 aromatic heterocycles. The van der Waals surface area contributed by atoms with Gasteiger partial charge in [0.05, 0.1) is 0 Å². The van der Waals surface area contributed by atoms with Gasteiger partial charge in [0.1, 0.15) is 6.04 Å². The van der Waals surface area contributed by atoms with E-state index in [0.717, 1.165) is 12.0 Å². The minimum atomic E-state index is -1.04. The molecule has 0 saturated carbocycles. The van der Waals surface area contributed by atoms with Gasteiger partial charge in [0.15, 0.2) is 5.82 Å². The number of nitrogens with one attached hydrogen (secondary N) is 1. The van der Waals surface area contributed by atoms with Crippen molar-refractivity contribution in [3.63, 3.8) is 0 Å². The Hall–Kier alpha value is -4.04. The number of fused-ring (bicyclic) bond motifs is 1.